The van der Waals surface area contributed by atoms with E-state index in [1.54, 1.807) is 6.20 Å². The van der Waals surface area contributed by atoms with Gasteiger partial charge in [0.1, 0.15) is 0 Å². The van der Waals surface area contributed by atoms with Crippen LogP contribution in [0.1, 0.15) is 6.42 Å². The first-order valence-corrected chi connectivity index (χ1v) is 6.31. The van der Waals surface area contributed by atoms with Crippen molar-refractivity contribution in [2.24, 2.45) is 5.92 Å². The molecule has 0 aromatic carbocycles. The molecule has 16 heavy (non-hydrogen) atoms. The van der Waals surface area contributed by atoms with Crippen molar-refractivity contribution < 1.29 is 4.74 Å². The Morgan fingerprint density at radius 1 is 1.62 bits per heavy atom. The van der Waals surface area contributed by atoms with Crippen LogP contribution in [0.3, 0.4) is 0 Å². The smallest absolute Gasteiger partial charge is 0.217 e. The van der Waals surface area contributed by atoms with Crippen LogP contribution in [0, 0.1) is 5.92 Å². The summed E-state index contributed by atoms with van der Waals surface area (Å²) in [5.74, 6) is 1.30. The average Bonchev–Trinajstić information content (AvgIpc) is 2.79. The van der Waals surface area contributed by atoms with Gasteiger partial charge >= 0.3 is 0 Å². The van der Waals surface area contributed by atoms with E-state index in [2.05, 4.69) is 15.3 Å². The number of rotatable bonds is 4. The molecule has 0 spiro atoms. The Morgan fingerprint density at radius 3 is 3.19 bits per heavy atom. The molecule has 1 fully saturated rings. The zero-order chi connectivity index (χ0) is 10.5. The second-order valence-corrected chi connectivity index (χ2v) is 4.32. The Bertz CT molecular complexity index is 321. The van der Waals surface area contributed by atoms with Crippen molar-refractivity contribution in [2.45, 2.75) is 11.6 Å². The van der Waals surface area contributed by atoms with Crippen LogP contribution in [0.2, 0.25) is 0 Å². The summed E-state index contributed by atoms with van der Waals surface area (Å²) >= 11 is 1.53. The van der Waals surface area contributed by atoms with Gasteiger partial charge in [-0.2, -0.15) is 4.98 Å². The minimum atomic E-state index is 0. The number of thioether (sulfide) groups is 1. The lowest BCUT2D eigenvalue weighted by molar-refractivity contribution is 0.249. The van der Waals surface area contributed by atoms with E-state index in [4.69, 9.17) is 4.74 Å². The SMILES string of the molecule is CSc1nccc(OCC2CCNC2)n1.Cl. The van der Waals surface area contributed by atoms with E-state index in [9.17, 15) is 0 Å². The molecule has 1 unspecified atom stereocenters. The van der Waals surface area contributed by atoms with E-state index in [-0.39, 0.29) is 12.4 Å². The van der Waals surface area contributed by atoms with Crippen molar-refractivity contribution in [1.82, 2.24) is 15.3 Å². The van der Waals surface area contributed by atoms with Gasteiger partial charge < -0.3 is 10.1 Å². The summed E-state index contributed by atoms with van der Waals surface area (Å²) in [6.07, 6.45) is 4.89. The minimum absolute atomic E-state index is 0. The number of nitrogens with zero attached hydrogens (tertiary/aromatic N) is 2. The van der Waals surface area contributed by atoms with Crippen molar-refractivity contribution in [3.8, 4) is 5.88 Å². The lowest BCUT2D eigenvalue weighted by Crippen LogP contribution is -2.15. The highest BCUT2D eigenvalue weighted by atomic mass is 35.5. The summed E-state index contributed by atoms with van der Waals surface area (Å²) in [4.78, 5) is 8.36. The van der Waals surface area contributed by atoms with E-state index in [1.165, 1.54) is 18.2 Å². The molecule has 90 valence electrons. The van der Waals surface area contributed by atoms with Crippen LogP contribution in [0.15, 0.2) is 17.4 Å². The van der Waals surface area contributed by atoms with Crippen molar-refractivity contribution in [3.63, 3.8) is 0 Å². The van der Waals surface area contributed by atoms with Gasteiger partial charge in [-0.25, -0.2) is 4.98 Å². The Labute approximate surface area is 106 Å². The molecule has 6 heteroatoms. The Kier molecular flexibility index (Phi) is 5.87. The first-order valence-electron chi connectivity index (χ1n) is 5.09. The summed E-state index contributed by atoms with van der Waals surface area (Å²) in [5.41, 5.74) is 0. The van der Waals surface area contributed by atoms with Gasteiger partial charge in [-0.05, 0) is 19.2 Å². The van der Waals surface area contributed by atoms with Crippen LogP contribution in [0.4, 0.5) is 0 Å². The lowest BCUT2D eigenvalue weighted by atomic mass is 10.1. The first kappa shape index (κ1) is 13.5. The highest BCUT2D eigenvalue weighted by Crippen LogP contribution is 2.14. The molecule has 1 atom stereocenters. The van der Waals surface area contributed by atoms with Gasteiger partial charge in [0.25, 0.3) is 0 Å². The van der Waals surface area contributed by atoms with Crippen molar-refractivity contribution >= 4 is 24.2 Å². The Morgan fingerprint density at radius 2 is 2.50 bits per heavy atom. The summed E-state index contributed by atoms with van der Waals surface area (Å²) in [6.45, 7) is 2.91. The standard InChI is InChI=1S/C10H15N3OS.ClH/c1-15-10-12-5-3-9(13-10)14-7-8-2-4-11-6-8;/h3,5,8,11H,2,4,6-7H2,1H3;1H. The number of hydrogen-bond acceptors (Lipinski definition) is 5. The van der Waals surface area contributed by atoms with Crippen LogP contribution in [0.5, 0.6) is 5.88 Å². The maximum atomic E-state index is 5.63. The molecule has 1 saturated heterocycles. The predicted molar refractivity (Wildman–Crippen MR) is 67.5 cm³/mol. The molecule has 2 heterocycles. The van der Waals surface area contributed by atoms with E-state index >= 15 is 0 Å². The molecule has 0 amide bonds. The summed E-state index contributed by atoms with van der Waals surface area (Å²) in [7, 11) is 0. The molecule has 0 radical (unpaired) electrons. The summed E-state index contributed by atoms with van der Waals surface area (Å²) < 4.78 is 5.63. The van der Waals surface area contributed by atoms with Crippen molar-refractivity contribution in [1.29, 1.82) is 0 Å². The maximum Gasteiger partial charge on any atom is 0.217 e. The van der Waals surface area contributed by atoms with Gasteiger partial charge in [-0.3, -0.25) is 0 Å². The third-order valence-electron chi connectivity index (χ3n) is 2.42. The third-order valence-corrected chi connectivity index (χ3v) is 2.98. The molecule has 1 N–H and O–H groups in total. The van der Waals surface area contributed by atoms with Crippen LogP contribution in [-0.4, -0.2) is 35.9 Å². The summed E-state index contributed by atoms with van der Waals surface area (Å²) in [6, 6.07) is 1.81. The van der Waals surface area contributed by atoms with Gasteiger partial charge in [0.15, 0.2) is 5.16 Å². The number of ether oxygens (including phenoxy) is 1. The minimum Gasteiger partial charge on any atom is -0.477 e. The highest BCUT2D eigenvalue weighted by Gasteiger charge is 2.15. The molecule has 0 saturated carbocycles. The van der Waals surface area contributed by atoms with Crippen LogP contribution < -0.4 is 10.1 Å². The van der Waals surface area contributed by atoms with Gasteiger partial charge in [0.2, 0.25) is 5.88 Å². The Balaban J connectivity index is 0.00000128. The second-order valence-electron chi connectivity index (χ2n) is 3.55. The van der Waals surface area contributed by atoms with Crippen LogP contribution >= 0.6 is 24.2 Å². The zero-order valence-electron chi connectivity index (χ0n) is 9.18. The highest BCUT2D eigenvalue weighted by molar-refractivity contribution is 7.98. The molecule has 1 aliphatic rings. The molecule has 2 rings (SSSR count). The maximum absolute atomic E-state index is 5.63. The van der Waals surface area contributed by atoms with Crippen molar-refractivity contribution in [3.05, 3.63) is 12.3 Å². The number of halogens is 1. The topological polar surface area (TPSA) is 47.0 Å². The largest absolute Gasteiger partial charge is 0.477 e. The van der Waals surface area contributed by atoms with Crippen molar-refractivity contribution in [2.75, 3.05) is 26.0 Å². The predicted octanol–water partition coefficient (Wildman–Crippen LogP) is 1.61. The van der Waals surface area contributed by atoms with Gasteiger partial charge in [-0.15, -0.1) is 12.4 Å². The second kappa shape index (κ2) is 6.93. The van der Waals surface area contributed by atoms with Crippen LogP contribution in [-0.2, 0) is 0 Å². The number of hydrogen-bond donors (Lipinski definition) is 1. The van der Waals surface area contributed by atoms with Crippen LogP contribution in [0.25, 0.3) is 0 Å². The average molecular weight is 262 g/mol. The Hall–Kier alpha value is -0.520. The lowest BCUT2D eigenvalue weighted by Gasteiger charge is -2.09. The van der Waals surface area contributed by atoms with Gasteiger partial charge in [0, 0.05) is 24.7 Å². The number of aromatic nitrogens is 2. The van der Waals surface area contributed by atoms with E-state index in [0.717, 1.165) is 24.9 Å². The van der Waals surface area contributed by atoms with Gasteiger partial charge in [-0.1, -0.05) is 11.8 Å². The quantitative estimate of drug-likeness (QED) is 0.659. The first-order chi connectivity index (χ1) is 7.38. The zero-order valence-corrected chi connectivity index (χ0v) is 10.8. The fourth-order valence-electron chi connectivity index (χ4n) is 1.56. The molecule has 1 aromatic rings. The molecule has 4 nitrogen and oxygen atoms in total. The molecule has 0 aliphatic carbocycles. The monoisotopic (exact) mass is 261 g/mol. The molecular formula is C10H16ClN3OS. The number of nitrogens with one attached hydrogen (secondary N) is 1. The van der Waals surface area contributed by atoms with E-state index in [0.29, 0.717) is 11.8 Å². The normalized spacial score (nSPS) is 19.2. The molecule has 0 bridgehead atoms. The van der Waals surface area contributed by atoms with E-state index in [1.807, 2.05) is 12.3 Å². The molecule has 1 aromatic heterocycles. The fourth-order valence-corrected chi connectivity index (χ4v) is 1.91. The fraction of sp³-hybridized carbons (Fsp3) is 0.600. The molecule has 1 aliphatic heterocycles. The van der Waals surface area contributed by atoms with Gasteiger partial charge in [0.05, 0.1) is 6.61 Å². The molecular weight excluding hydrogens is 246 g/mol. The van der Waals surface area contributed by atoms with E-state index < -0.39 is 0 Å². The third kappa shape index (κ3) is 3.81. The summed E-state index contributed by atoms with van der Waals surface area (Å²) in [5, 5.41) is 4.08.